The van der Waals surface area contributed by atoms with Crippen LogP contribution < -0.4 is 5.73 Å². The zero-order chi connectivity index (χ0) is 9.26. The standard InChI is InChI=1S/C10H11N3/c1-7-4-8(6-9(11)5-7)10-2-3-12-13-10/h2-6H,11H2,1H3,(H,12,13). The van der Waals surface area contributed by atoms with Crippen molar-refractivity contribution in [2.24, 2.45) is 0 Å². The van der Waals surface area contributed by atoms with Crippen molar-refractivity contribution >= 4 is 5.69 Å². The predicted molar refractivity (Wildman–Crippen MR) is 53.2 cm³/mol. The Morgan fingerprint density at radius 1 is 1.31 bits per heavy atom. The number of aromatic amines is 1. The molecule has 0 aliphatic heterocycles. The molecular formula is C10H11N3. The molecule has 13 heavy (non-hydrogen) atoms. The van der Waals surface area contributed by atoms with E-state index in [2.05, 4.69) is 16.3 Å². The second kappa shape index (κ2) is 2.94. The topological polar surface area (TPSA) is 54.7 Å². The van der Waals surface area contributed by atoms with Gasteiger partial charge in [0.15, 0.2) is 0 Å². The third-order valence-electron chi connectivity index (χ3n) is 1.91. The lowest BCUT2D eigenvalue weighted by Gasteiger charge is -2.01. The summed E-state index contributed by atoms with van der Waals surface area (Å²) in [6.07, 6.45) is 1.73. The van der Waals surface area contributed by atoms with Crippen molar-refractivity contribution in [1.82, 2.24) is 10.2 Å². The van der Waals surface area contributed by atoms with E-state index >= 15 is 0 Å². The molecule has 1 aromatic heterocycles. The first-order valence-corrected chi connectivity index (χ1v) is 4.12. The van der Waals surface area contributed by atoms with E-state index < -0.39 is 0 Å². The van der Waals surface area contributed by atoms with E-state index in [4.69, 9.17) is 5.73 Å². The van der Waals surface area contributed by atoms with Crippen LogP contribution in [0, 0.1) is 6.92 Å². The lowest BCUT2D eigenvalue weighted by Crippen LogP contribution is -1.87. The number of benzene rings is 1. The van der Waals surface area contributed by atoms with Crippen molar-refractivity contribution in [1.29, 1.82) is 0 Å². The smallest absolute Gasteiger partial charge is 0.0650 e. The number of hydrogen-bond acceptors (Lipinski definition) is 2. The Labute approximate surface area is 76.6 Å². The van der Waals surface area contributed by atoms with Gasteiger partial charge in [0.05, 0.1) is 5.69 Å². The number of H-pyrrole nitrogens is 1. The molecule has 0 aliphatic carbocycles. The highest BCUT2D eigenvalue weighted by Crippen LogP contribution is 2.20. The Morgan fingerprint density at radius 2 is 2.15 bits per heavy atom. The van der Waals surface area contributed by atoms with Gasteiger partial charge in [-0.1, -0.05) is 0 Å². The summed E-state index contributed by atoms with van der Waals surface area (Å²) in [5, 5.41) is 6.79. The van der Waals surface area contributed by atoms with Crippen LogP contribution in [0.25, 0.3) is 11.3 Å². The number of nitrogen functional groups attached to an aromatic ring is 1. The van der Waals surface area contributed by atoms with Crippen LogP contribution in [0.3, 0.4) is 0 Å². The number of nitrogens with one attached hydrogen (secondary N) is 1. The Kier molecular flexibility index (Phi) is 1.77. The fraction of sp³-hybridized carbons (Fsp3) is 0.100. The van der Waals surface area contributed by atoms with Crippen LogP contribution in [0.5, 0.6) is 0 Å². The minimum atomic E-state index is 0.782. The lowest BCUT2D eigenvalue weighted by atomic mass is 10.1. The largest absolute Gasteiger partial charge is 0.399 e. The second-order valence-corrected chi connectivity index (χ2v) is 3.10. The molecule has 0 aliphatic rings. The van der Waals surface area contributed by atoms with Crippen molar-refractivity contribution in [3.63, 3.8) is 0 Å². The van der Waals surface area contributed by atoms with Crippen LogP contribution >= 0.6 is 0 Å². The molecule has 1 heterocycles. The van der Waals surface area contributed by atoms with Gasteiger partial charge in [-0.05, 0) is 36.8 Å². The second-order valence-electron chi connectivity index (χ2n) is 3.10. The number of nitrogens with zero attached hydrogens (tertiary/aromatic N) is 1. The zero-order valence-electron chi connectivity index (χ0n) is 7.41. The van der Waals surface area contributed by atoms with Crippen LogP contribution in [0.15, 0.2) is 30.5 Å². The van der Waals surface area contributed by atoms with Gasteiger partial charge < -0.3 is 5.73 Å². The normalized spacial score (nSPS) is 10.2. The highest BCUT2D eigenvalue weighted by atomic mass is 15.1. The summed E-state index contributed by atoms with van der Waals surface area (Å²) in [5.41, 5.74) is 9.74. The summed E-state index contributed by atoms with van der Waals surface area (Å²) in [7, 11) is 0. The van der Waals surface area contributed by atoms with E-state index in [1.807, 2.05) is 25.1 Å². The fourth-order valence-corrected chi connectivity index (χ4v) is 1.38. The van der Waals surface area contributed by atoms with E-state index in [1.165, 1.54) is 0 Å². The first-order chi connectivity index (χ1) is 6.25. The quantitative estimate of drug-likeness (QED) is 0.648. The van der Waals surface area contributed by atoms with Gasteiger partial charge in [0.1, 0.15) is 0 Å². The van der Waals surface area contributed by atoms with Crippen LogP contribution in [-0.2, 0) is 0 Å². The van der Waals surface area contributed by atoms with Crippen molar-refractivity contribution in [3.05, 3.63) is 36.0 Å². The number of anilines is 1. The molecule has 0 unspecified atom stereocenters. The van der Waals surface area contributed by atoms with Crippen molar-refractivity contribution in [2.75, 3.05) is 5.73 Å². The van der Waals surface area contributed by atoms with Gasteiger partial charge in [0.2, 0.25) is 0 Å². The Bertz CT molecular complexity index is 384. The predicted octanol–water partition coefficient (Wildman–Crippen LogP) is 1.97. The molecule has 0 fully saturated rings. The van der Waals surface area contributed by atoms with Gasteiger partial charge in [0, 0.05) is 17.4 Å². The summed E-state index contributed by atoms with van der Waals surface area (Å²) in [5.74, 6) is 0. The highest BCUT2D eigenvalue weighted by Gasteiger charge is 1.99. The van der Waals surface area contributed by atoms with Crippen LogP contribution in [0.1, 0.15) is 5.56 Å². The van der Waals surface area contributed by atoms with E-state index in [9.17, 15) is 0 Å². The molecule has 0 spiro atoms. The fourth-order valence-electron chi connectivity index (χ4n) is 1.38. The van der Waals surface area contributed by atoms with Crippen molar-refractivity contribution in [2.45, 2.75) is 6.92 Å². The number of nitrogens with two attached hydrogens (primary N) is 1. The monoisotopic (exact) mass is 173 g/mol. The van der Waals surface area contributed by atoms with Gasteiger partial charge in [-0.2, -0.15) is 5.10 Å². The molecule has 0 saturated carbocycles. The summed E-state index contributed by atoms with van der Waals surface area (Å²) < 4.78 is 0. The first kappa shape index (κ1) is 7.86. The zero-order valence-corrected chi connectivity index (χ0v) is 7.41. The molecule has 0 atom stereocenters. The Morgan fingerprint density at radius 3 is 2.77 bits per heavy atom. The number of rotatable bonds is 1. The average Bonchev–Trinajstić information content (AvgIpc) is 2.53. The molecule has 0 radical (unpaired) electrons. The third-order valence-corrected chi connectivity index (χ3v) is 1.91. The van der Waals surface area contributed by atoms with Gasteiger partial charge in [-0.15, -0.1) is 0 Å². The summed E-state index contributed by atoms with van der Waals surface area (Å²) in [6.45, 7) is 2.02. The van der Waals surface area contributed by atoms with Gasteiger partial charge in [-0.3, -0.25) is 5.10 Å². The summed E-state index contributed by atoms with van der Waals surface area (Å²) in [4.78, 5) is 0. The van der Waals surface area contributed by atoms with Crippen LogP contribution in [0.4, 0.5) is 5.69 Å². The number of hydrogen-bond donors (Lipinski definition) is 2. The summed E-state index contributed by atoms with van der Waals surface area (Å²) in [6, 6.07) is 7.87. The Hall–Kier alpha value is -1.77. The molecule has 66 valence electrons. The SMILES string of the molecule is Cc1cc(N)cc(-c2ccn[nH]2)c1. The third kappa shape index (κ3) is 1.54. The number of aryl methyl sites for hydroxylation is 1. The van der Waals surface area contributed by atoms with E-state index in [1.54, 1.807) is 6.20 Å². The molecule has 0 bridgehead atoms. The molecule has 1 aromatic carbocycles. The molecule has 0 amide bonds. The van der Waals surface area contributed by atoms with Crippen molar-refractivity contribution in [3.8, 4) is 11.3 Å². The molecular weight excluding hydrogens is 162 g/mol. The van der Waals surface area contributed by atoms with Gasteiger partial charge in [0.25, 0.3) is 0 Å². The minimum absolute atomic E-state index is 0.782. The van der Waals surface area contributed by atoms with Crippen LogP contribution in [0.2, 0.25) is 0 Å². The molecule has 2 rings (SSSR count). The molecule has 3 heteroatoms. The van der Waals surface area contributed by atoms with E-state index in [0.717, 1.165) is 22.5 Å². The highest BCUT2D eigenvalue weighted by molar-refractivity contribution is 5.64. The minimum Gasteiger partial charge on any atom is -0.399 e. The molecule has 3 N–H and O–H groups in total. The number of aromatic nitrogens is 2. The maximum atomic E-state index is 5.73. The summed E-state index contributed by atoms with van der Waals surface area (Å²) >= 11 is 0. The van der Waals surface area contributed by atoms with Gasteiger partial charge in [-0.25, -0.2) is 0 Å². The van der Waals surface area contributed by atoms with E-state index in [0.29, 0.717) is 0 Å². The molecule has 3 nitrogen and oxygen atoms in total. The average molecular weight is 173 g/mol. The first-order valence-electron chi connectivity index (χ1n) is 4.12. The lowest BCUT2D eigenvalue weighted by molar-refractivity contribution is 1.09. The van der Waals surface area contributed by atoms with Crippen LogP contribution in [-0.4, -0.2) is 10.2 Å². The molecule has 2 aromatic rings. The van der Waals surface area contributed by atoms with E-state index in [-0.39, 0.29) is 0 Å². The maximum absolute atomic E-state index is 5.73. The molecule has 0 saturated heterocycles. The Balaban J connectivity index is 2.53. The van der Waals surface area contributed by atoms with Gasteiger partial charge >= 0.3 is 0 Å². The van der Waals surface area contributed by atoms with Crippen molar-refractivity contribution < 1.29 is 0 Å². The maximum Gasteiger partial charge on any atom is 0.0650 e.